The van der Waals surface area contributed by atoms with E-state index in [9.17, 15) is 0 Å². The number of furan rings is 1. The van der Waals surface area contributed by atoms with Crippen molar-refractivity contribution in [2.45, 2.75) is 32.9 Å². The normalized spacial score (nSPS) is 12.8. The van der Waals surface area contributed by atoms with Gasteiger partial charge in [-0.25, -0.2) is 0 Å². The first-order chi connectivity index (χ1) is 8.76. The molecule has 0 saturated heterocycles. The van der Waals surface area contributed by atoms with Crippen LogP contribution in [-0.4, -0.2) is 16.3 Å². The van der Waals surface area contributed by atoms with Crippen LogP contribution >= 0.6 is 11.6 Å². The molecule has 0 aliphatic heterocycles. The molecular formula is C13H18ClN3O. The summed E-state index contributed by atoms with van der Waals surface area (Å²) in [7, 11) is 0. The van der Waals surface area contributed by atoms with E-state index >= 15 is 0 Å². The number of hydrogen-bond donors (Lipinski definition) is 1. The van der Waals surface area contributed by atoms with Gasteiger partial charge in [0.25, 0.3) is 0 Å². The third kappa shape index (κ3) is 2.76. The molecule has 0 spiro atoms. The van der Waals surface area contributed by atoms with Crippen molar-refractivity contribution in [3.63, 3.8) is 0 Å². The van der Waals surface area contributed by atoms with Crippen molar-refractivity contribution >= 4 is 11.6 Å². The van der Waals surface area contributed by atoms with Crippen molar-refractivity contribution in [2.75, 3.05) is 6.54 Å². The maximum atomic E-state index is 5.86. The Bertz CT molecular complexity index is 492. The van der Waals surface area contributed by atoms with Crippen LogP contribution in [0.1, 0.15) is 37.8 Å². The summed E-state index contributed by atoms with van der Waals surface area (Å²) in [5.41, 5.74) is 1.09. The van der Waals surface area contributed by atoms with Gasteiger partial charge in [-0.15, -0.1) is 0 Å². The summed E-state index contributed by atoms with van der Waals surface area (Å²) < 4.78 is 7.49. The second-order valence-electron chi connectivity index (χ2n) is 4.10. The number of aryl methyl sites for hydroxylation is 1. The van der Waals surface area contributed by atoms with E-state index in [1.165, 1.54) is 0 Å². The Morgan fingerprint density at radius 1 is 1.39 bits per heavy atom. The van der Waals surface area contributed by atoms with Crippen molar-refractivity contribution in [3.8, 4) is 0 Å². The van der Waals surface area contributed by atoms with Gasteiger partial charge in [0, 0.05) is 12.7 Å². The van der Waals surface area contributed by atoms with Crippen LogP contribution in [0.5, 0.6) is 0 Å². The summed E-state index contributed by atoms with van der Waals surface area (Å²) in [4.78, 5) is 0. The third-order valence-electron chi connectivity index (χ3n) is 2.82. The number of aromatic nitrogens is 2. The van der Waals surface area contributed by atoms with Crippen LogP contribution < -0.4 is 5.32 Å². The molecular weight excluding hydrogens is 250 g/mol. The summed E-state index contributed by atoms with van der Waals surface area (Å²) in [5.74, 6) is 0.823. The van der Waals surface area contributed by atoms with Gasteiger partial charge in [0.05, 0.1) is 5.69 Å². The molecule has 0 saturated carbocycles. The summed E-state index contributed by atoms with van der Waals surface area (Å²) in [6.07, 6.45) is 2.87. The largest absolute Gasteiger partial charge is 0.448 e. The van der Waals surface area contributed by atoms with Crippen LogP contribution in [0.4, 0.5) is 0 Å². The zero-order chi connectivity index (χ0) is 13.0. The zero-order valence-electron chi connectivity index (χ0n) is 10.7. The molecule has 5 heteroatoms. The predicted molar refractivity (Wildman–Crippen MR) is 71.8 cm³/mol. The minimum atomic E-state index is -0.0000926. The molecule has 1 N–H and O–H groups in total. The van der Waals surface area contributed by atoms with Crippen molar-refractivity contribution < 1.29 is 4.42 Å². The smallest absolute Gasteiger partial charge is 0.193 e. The number of halogens is 1. The Morgan fingerprint density at radius 3 is 2.83 bits per heavy atom. The summed E-state index contributed by atoms with van der Waals surface area (Å²) >= 11 is 5.86. The predicted octanol–water partition coefficient (Wildman–Crippen LogP) is 3.24. The summed E-state index contributed by atoms with van der Waals surface area (Å²) in [6, 6.07) is 5.68. The molecule has 18 heavy (non-hydrogen) atoms. The highest BCUT2D eigenvalue weighted by Crippen LogP contribution is 2.25. The van der Waals surface area contributed by atoms with E-state index in [0.29, 0.717) is 5.22 Å². The highest BCUT2D eigenvalue weighted by atomic mass is 35.5. The fraction of sp³-hybridized carbons (Fsp3) is 0.462. The zero-order valence-corrected chi connectivity index (χ0v) is 11.4. The average molecular weight is 268 g/mol. The molecule has 1 unspecified atom stereocenters. The lowest BCUT2D eigenvalue weighted by molar-refractivity contribution is 0.428. The molecule has 98 valence electrons. The SMILES string of the molecule is CCCNC(c1ccc(Cl)o1)c1ccnn1CC. The molecule has 2 rings (SSSR count). The van der Waals surface area contributed by atoms with E-state index in [0.717, 1.165) is 31.0 Å². The topological polar surface area (TPSA) is 43.0 Å². The quantitative estimate of drug-likeness (QED) is 0.874. The molecule has 0 aliphatic rings. The van der Waals surface area contributed by atoms with Gasteiger partial charge in [0.15, 0.2) is 5.22 Å². The number of nitrogens with one attached hydrogen (secondary N) is 1. The molecule has 2 aromatic rings. The Labute approximate surface area is 112 Å². The number of hydrogen-bond acceptors (Lipinski definition) is 3. The lowest BCUT2D eigenvalue weighted by atomic mass is 10.1. The van der Waals surface area contributed by atoms with E-state index in [1.807, 2.05) is 23.0 Å². The fourth-order valence-corrected chi connectivity index (χ4v) is 2.13. The van der Waals surface area contributed by atoms with Gasteiger partial charge in [-0.05, 0) is 49.7 Å². The van der Waals surface area contributed by atoms with Gasteiger partial charge < -0.3 is 9.73 Å². The van der Waals surface area contributed by atoms with E-state index < -0.39 is 0 Å². The Balaban J connectivity index is 2.30. The molecule has 0 fully saturated rings. The molecule has 0 bridgehead atoms. The van der Waals surface area contributed by atoms with E-state index in [1.54, 1.807) is 6.07 Å². The highest BCUT2D eigenvalue weighted by Gasteiger charge is 2.20. The van der Waals surface area contributed by atoms with E-state index in [4.69, 9.17) is 16.0 Å². The molecule has 0 radical (unpaired) electrons. The second kappa shape index (κ2) is 6.07. The van der Waals surface area contributed by atoms with Crippen LogP contribution in [0.3, 0.4) is 0 Å². The Hall–Kier alpha value is -1.26. The standard InChI is InChI=1S/C13H18ClN3O/c1-3-8-15-13(11-5-6-12(14)18-11)10-7-9-16-17(10)4-2/h5-7,9,13,15H,3-4,8H2,1-2H3. The molecule has 0 amide bonds. The molecule has 0 aliphatic carbocycles. The van der Waals surface area contributed by atoms with Gasteiger partial charge in [-0.2, -0.15) is 5.10 Å². The second-order valence-corrected chi connectivity index (χ2v) is 4.47. The Kier molecular flexibility index (Phi) is 4.44. The summed E-state index contributed by atoms with van der Waals surface area (Å²) in [6.45, 7) is 5.96. The molecule has 1 atom stereocenters. The van der Waals surface area contributed by atoms with Crippen LogP contribution in [0.15, 0.2) is 28.8 Å². The van der Waals surface area contributed by atoms with E-state index in [2.05, 4.69) is 24.3 Å². The maximum absolute atomic E-state index is 5.86. The van der Waals surface area contributed by atoms with Crippen molar-refractivity contribution in [1.29, 1.82) is 0 Å². The molecule has 2 aromatic heterocycles. The van der Waals surface area contributed by atoms with Crippen molar-refractivity contribution in [2.24, 2.45) is 0 Å². The first-order valence-corrected chi connectivity index (χ1v) is 6.64. The number of rotatable bonds is 6. The van der Waals surface area contributed by atoms with Crippen LogP contribution in [0, 0.1) is 0 Å². The summed E-state index contributed by atoms with van der Waals surface area (Å²) in [5, 5.41) is 8.17. The van der Waals surface area contributed by atoms with Crippen LogP contribution in [0.2, 0.25) is 5.22 Å². The van der Waals surface area contributed by atoms with Crippen molar-refractivity contribution in [3.05, 3.63) is 41.1 Å². The first-order valence-electron chi connectivity index (χ1n) is 6.26. The van der Waals surface area contributed by atoms with Crippen LogP contribution in [0.25, 0.3) is 0 Å². The van der Waals surface area contributed by atoms with Gasteiger partial charge >= 0.3 is 0 Å². The highest BCUT2D eigenvalue weighted by molar-refractivity contribution is 6.28. The monoisotopic (exact) mass is 267 g/mol. The minimum Gasteiger partial charge on any atom is -0.448 e. The number of nitrogens with zero attached hydrogens (tertiary/aromatic N) is 2. The van der Waals surface area contributed by atoms with Gasteiger partial charge in [-0.1, -0.05) is 6.92 Å². The maximum Gasteiger partial charge on any atom is 0.193 e. The first kappa shape index (κ1) is 13.2. The average Bonchev–Trinajstić information content (AvgIpc) is 2.99. The third-order valence-corrected chi connectivity index (χ3v) is 3.02. The van der Waals surface area contributed by atoms with Gasteiger partial charge in [0.1, 0.15) is 11.8 Å². The van der Waals surface area contributed by atoms with Gasteiger partial charge in [0.2, 0.25) is 0 Å². The Morgan fingerprint density at radius 2 is 2.22 bits per heavy atom. The van der Waals surface area contributed by atoms with Gasteiger partial charge in [-0.3, -0.25) is 4.68 Å². The fourth-order valence-electron chi connectivity index (χ4n) is 1.98. The molecule has 0 aromatic carbocycles. The van der Waals surface area contributed by atoms with Crippen molar-refractivity contribution in [1.82, 2.24) is 15.1 Å². The lowest BCUT2D eigenvalue weighted by Gasteiger charge is -2.17. The van der Waals surface area contributed by atoms with Crippen LogP contribution in [-0.2, 0) is 6.54 Å². The molecule has 4 nitrogen and oxygen atoms in total. The minimum absolute atomic E-state index is 0.0000926. The lowest BCUT2D eigenvalue weighted by Crippen LogP contribution is -2.25. The van der Waals surface area contributed by atoms with E-state index in [-0.39, 0.29) is 6.04 Å². The molecule has 2 heterocycles.